The minimum absolute atomic E-state index is 0.0226. The topological polar surface area (TPSA) is 106 Å². The Balaban J connectivity index is 1.72. The molecule has 25 heavy (non-hydrogen) atoms. The first kappa shape index (κ1) is 16.6. The molecule has 0 radical (unpaired) electrons. The van der Waals surface area contributed by atoms with E-state index in [0.29, 0.717) is 17.9 Å². The Morgan fingerprint density at radius 1 is 1.24 bits per heavy atom. The van der Waals surface area contributed by atoms with E-state index in [0.717, 1.165) is 4.90 Å². The van der Waals surface area contributed by atoms with Gasteiger partial charge in [-0.2, -0.15) is 9.90 Å². The zero-order valence-electron chi connectivity index (χ0n) is 13.8. The third-order valence-corrected chi connectivity index (χ3v) is 3.72. The van der Waals surface area contributed by atoms with Crippen molar-refractivity contribution in [1.82, 2.24) is 25.2 Å². The number of nitrogens with one attached hydrogen (secondary N) is 1. The number of nitrogens with zero attached hydrogens (tertiary/aromatic N) is 4. The zero-order valence-corrected chi connectivity index (χ0v) is 13.8. The van der Waals surface area contributed by atoms with Crippen LogP contribution in [-0.4, -0.2) is 57.0 Å². The third kappa shape index (κ3) is 3.35. The summed E-state index contributed by atoms with van der Waals surface area (Å²) < 4.78 is 5.16. The monoisotopic (exact) mass is 343 g/mol. The molecule has 1 aromatic carbocycles. The number of aryl methyl sites for hydroxylation is 1. The molecule has 0 saturated carbocycles. The van der Waals surface area contributed by atoms with Crippen LogP contribution >= 0.6 is 0 Å². The van der Waals surface area contributed by atoms with Crippen molar-refractivity contribution in [1.29, 1.82) is 0 Å². The predicted molar refractivity (Wildman–Crippen MR) is 86.1 cm³/mol. The molecule has 0 unspecified atom stereocenters. The van der Waals surface area contributed by atoms with E-state index in [1.165, 1.54) is 11.7 Å². The van der Waals surface area contributed by atoms with Gasteiger partial charge in [0.2, 0.25) is 0 Å². The predicted octanol–water partition coefficient (Wildman–Crippen LogP) is 0.673. The van der Waals surface area contributed by atoms with E-state index in [-0.39, 0.29) is 12.2 Å². The SMILES string of the molecule is Cc1nn(-c2ccccc2)nc1C(=O)O[C@H](C)C(=O)N1CCNC1=O. The smallest absolute Gasteiger partial charge is 0.361 e. The molecule has 3 rings (SSSR count). The minimum Gasteiger partial charge on any atom is -0.448 e. The second-order valence-corrected chi connectivity index (χ2v) is 5.53. The van der Waals surface area contributed by atoms with Crippen LogP contribution in [0.2, 0.25) is 0 Å². The fourth-order valence-electron chi connectivity index (χ4n) is 2.41. The lowest BCUT2D eigenvalue weighted by Gasteiger charge is -2.17. The van der Waals surface area contributed by atoms with E-state index >= 15 is 0 Å². The number of amides is 3. The molecule has 1 fully saturated rings. The summed E-state index contributed by atoms with van der Waals surface area (Å²) in [6.07, 6.45) is -1.10. The number of carbonyl (C=O) groups excluding carboxylic acids is 3. The summed E-state index contributed by atoms with van der Waals surface area (Å²) in [5.41, 5.74) is 1.10. The molecule has 3 amide bonds. The van der Waals surface area contributed by atoms with Crippen LogP contribution in [0, 0.1) is 6.92 Å². The van der Waals surface area contributed by atoms with Crippen LogP contribution in [0.4, 0.5) is 4.79 Å². The van der Waals surface area contributed by atoms with Crippen molar-refractivity contribution in [3.05, 3.63) is 41.7 Å². The number of imide groups is 1. The molecule has 1 aliphatic rings. The summed E-state index contributed by atoms with van der Waals surface area (Å²) in [5, 5.41) is 10.8. The Morgan fingerprint density at radius 3 is 2.60 bits per heavy atom. The fraction of sp³-hybridized carbons (Fsp3) is 0.312. The Kier molecular flexibility index (Phi) is 4.46. The number of aromatic nitrogens is 3. The number of hydrogen-bond acceptors (Lipinski definition) is 6. The third-order valence-electron chi connectivity index (χ3n) is 3.72. The quantitative estimate of drug-likeness (QED) is 0.818. The second kappa shape index (κ2) is 6.71. The van der Waals surface area contributed by atoms with Gasteiger partial charge in [-0.15, -0.1) is 5.10 Å². The molecule has 130 valence electrons. The van der Waals surface area contributed by atoms with E-state index < -0.39 is 24.0 Å². The lowest BCUT2D eigenvalue weighted by Crippen LogP contribution is -2.41. The lowest BCUT2D eigenvalue weighted by molar-refractivity contribution is -0.136. The molecular weight excluding hydrogens is 326 g/mol. The Labute approximate surface area is 143 Å². The van der Waals surface area contributed by atoms with Crippen molar-refractivity contribution in [2.24, 2.45) is 0 Å². The Morgan fingerprint density at radius 2 is 1.96 bits per heavy atom. The van der Waals surface area contributed by atoms with Crippen molar-refractivity contribution >= 4 is 17.9 Å². The number of hydrogen-bond donors (Lipinski definition) is 1. The van der Waals surface area contributed by atoms with Gasteiger partial charge >= 0.3 is 12.0 Å². The molecule has 1 N–H and O–H groups in total. The summed E-state index contributed by atoms with van der Waals surface area (Å²) in [6.45, 7) is 3.69. The maximum atomic E-state index is 12.3. The highest BCUT2D eigenvalue weighted by atomic mass is 16.5. The number of ether oxygens (including phenoxy) is 1. The van der Waals surface area contributed by atoms with Crippen LogP contribution < -0.4 is 5.32 Å². The van der Waals surface area contributed by atoms with Crippen molar-refractivity contribution in [2.45, 2.75) is 20.0 Å². The molecule has 1 saturated heterocycles. The highest BCUT2D eigenvalue weighted by Crippen LogP contribution is 2.11. The highest BCUT2D eigenvalue weighted by molar-refractivity contribution is 5.99. The van der Waals surface area contributed by atoms with Crippen molar-refractivity contribution in [2.75, 3.05) is 13.1 Å². The van der Waals surface area contributed by atoms with Crippen LogP contribution in [0.1, 0.15) is 23.1 Å². The van der Waals surface area contributed by atoms with Crippen molar-refractivity contribution < 1.29 is 19.1 Å². The normalized spacial score (nSPS) is 15.0. The van der Waals surface area contributed by atoms with Gasteiger partial charge in [-0.1, -0.05) is 18.2 Å². The minimum atomic E-state index is -1.10. The molecule has 0 aliphatic carbocycles. The number of rotatable bonds is 4. The van der Waals surface area contributed by atoms with Crippen molar-refractivity contribution in [3.8, 4) is 5.69 Å². The summed E-state index contributed by atoms with van der Waals surface area (Å²) in [4.78, 5) is 38.4. The summed E-state index contributed by atoms with van der Waals surface area (Å²) in [6, 6.07) is 8.62. The van der Waals surface area contributed by atoms with Crippen LogP contribution in [0.25, 0.3) is 5.69 Å². The van der Waals surface area contributed by atoms with Gasteiger partial charge in [-0.25, -0.2) is 9.59 Å². The van der Waals surface area contributed by atoms with Gasteiger partial charge in [-0.05, 0) is 26.0 Å². The lowest BCUT2D eigenvalue weighted by atomic mass is 10.3. The standard InChI is InChI=1S/C16H17N5O4/c1-10-13(19-21(18-10)12-6-4-3-5-7-12)15(23)25-11(2)14(22)20-9-8-17-16(20)24/h3-7,11H,8-9H2,1-2H3,(H,17,24)/t11-/m1/s1. The average molecular weight is 343 g/mol. The van der Waals surface area contributed by atoms with E-state index in [9.17, 15) is 14.4 Å². The van der Waals surface area contributed by atoms with Crippen LogP contribution in [-0.2, 0) is 9.53 Å². The van der Waals surface area contributed by atoms with E-state index in [2.05, 4.69) is 15.5 Å². The van der Waals surface area contributed by atoms with Crippen LogP contribution in [0.3, 0.4) is 0 Å². The van der Waals surface area contributed by atoms with E-state index in [1.54, 1.807) is 19.1 Å². The van der Waals surface area contributed by atoms with Crippen LogP contribution in [0.15, 0.2) is 30.3 Å². The Hall–Kier alpha value is -3.23. The summed E-state index contributed by atoms with van der Waals surface area (Å²) in [5.74, 6) is -1.34. The average Bonchev–Trinajstić information content (AvgIpc) is 3.20. The number of esters is 1. The van der Waals surface area contributed by atoms with Gasteiger partial charge in [0.15, 0.2) is 11.8 Å². The van der Waals surface area contributed by atoms with Gasteiger partial charge in [0, 0.05) is 13.1 Å². The largest absolute Gasteiger partial charge is 0.448 e. The first-order valence-corrected chi connectivity index (χ1v) is 7.77. The first-order valence-electron chi connectivity index (χ1n) is 7.77. The highest BCUT2D eigenvalue weighted by Gasteiger charge is 2.32. The van der Waals surface area contributed by atoms with E-state index in [4.69, 9.17) is 4.74 Å². The fourth-order valence-corrected chi connectivity index (χ4v) is 2.41. The number of urea groups is 1. The zero-order chi connectivity index (χ0) is 18.0. The molecule has 1 aromatic heterocycles. The molecule has 2 heterocycles. The maximum absolute atomic E-state index is 12.3. The number of para-hydroxylation sites is 1. The molecule has 9 heteroatoms. The van der Waals surface area contributed by atoms with Gasteiger partial charge in [0.1, 0.15) is 0 Å². The number of carbonyl (C=O) groups is 3. The molecule has 1 aliphatic heterocycles. The second-order valence-electron chi connectivity index (χ2n) is 5.53. The van der Waals surface area contributed by atoms with Crippen molar-refractivity contribution in [3.63, 3.8) is 0 Å². The van der Waals surface area contributed by atoms with Gasteiger partial charge < -0.3 is 10.1 Å². The van der Waals surface area contributed by atoms with Gasteiger partial charge in [-0.3, -0.25) is 9.69 Å². The molecule has 0 bridgehead atoms. The molecule has 1 atom stereocenters. The van der Waals surface area contributed by atoms with E-state index in [1.807, 2.05) is 18.2 Å². The van der Waals surface area contributed by atoms with Gasteiger partial charge in [0.25, 0.3) is 5.91 Å². The summed E-state index contributed by atoms with van der Waals surface area (Å²) in [7, 11) is 0. The molecule has 0 spiro atoms. The Bertz CT molecular complexity index is 817. The maximum Gasteiger partial charge on any atom is 0.361 e. The van der Waals surface area contributed by atoms with Crippen LogP contribution in [0.5, 0.6) is 0 Å². The molecule has 2 aromatic rings. The number of benzene rings is 1. The molecular formula is C16H17N5O4. The van der Waals surface area contributed by atoms with Gasteiger partial charge in [0.05, 0.1) is 11.4 Å². The first-order chi connectivity index (χ1) is 12.0. The summed E-state index contributed by atoms with van der Waals surface area (Å²) >= 11 is 0. The molecule has 9 nitrogen and oxygen atoms in total.